The third-order valence-corrected chi connectivity index (χ3v) is 3.32. The summed E-state index contributed by atoms with van der Waals surface area (Å²) in [5.74, 6) is 0.188. The van der Waals surface area contributed by atoms with Gasteiger partial charge < -0.3 is 5.32 Å². The summed E-state index contributed by atoms with van der Waals surface area (Å²) in [6.07, 6.45) is -2.52. The van der Waals surface area contributed by atoms with Crippen molar-refractivity contribution in [2.75, 3.05) is 18.1 Å². The van der Waals surface area contributed by atoms with Gasteiger partial charge in [-0.3, -0.25) is 0 Å². The van der Waals surface area contributed by atoms with E-state index in [0.717, 1.165) is 4.47 Å². The van der Waals surface area contributed by atoms with Crippen molar-refractivity contribution >= 4 is 44.4 Å². The highest BCUT2D eigenvalue weighted by atomic mass is 79.9. The van der Waals surface area contributed by atoms with Gasteiger partial charge in [-0.1, -0.05) is 27.7 Å². The number of aromatic nitrogens is 2. The number of nitrogens with one attached hydrogen (secondary N) is 1. The molecule has 102 valence electrons. The molecule has 3 nitrogen and oxygen atoms in total. The van der Waals surface area contributed by atoms with Crippen LogP contribution in [0.3, 0.4) is 0 Å². The van der Waals surface area contributed by atoms with Crippen molar-refractivity contribution in [3.63, 3.8) is 0 Å². The lowest BCUT2D eigenvalue weighted by Crippen LogP contribution is -2.22. The van der Waals surface area contributed by atoms with Crippen LogP contribution < -0.4 is 5.32 Å². The molecule has 0 amide bonds. The number of anilines is 1. The van der Waals surface area contributed by atoms with E-state index in [1.54, 1.807) is 24.5 Å². The van der Waals surface area contributed by atoms with Gasteiger partial charge in [0.25, 0.3) is 0 Å². The van der Waals surface area contributed by atoms with E-state index >= 15 is 0 Å². The minimum atomic E-state index is -4.29. The summed E-state index contributed by atoms with van der Waals surface area (Å²) in [7, 11) is 0. The minimum absolute atomic E-state index is 0.188. The van der Waals surface area contributed by atoms with Crippen molar-refractivity contribution in [2.45, 2.75) is 11.3 Å². The molecule has 0 saturated carbocycles. The Morgan fingerprint density at radius 3 is 2.68 bits per heavy atom. The first-order chi connectivity index (χ1) is 8.89. The van der Waals surface area contributed by atoms with Crippen LogP contribution in [0.5, 0.6) is 0 Å². The molecule has 0 bridgehead atoms. The molecular weight excluding hydrogens is 343 g/mol. The quantitative estimate of drug-likeness (QED) is 0.667. The molecule has 0 saturated heterocycles. The molecule has 1 aromatic heterocycles. The van der Waals surface area contributed by atoms with Crippen LogP contribution in [0.4, 0.5) is 19.0 Å². The molecule has 0 aliphatic heterocycles. The molecule has 0 atom stereocenters. The molecular formula is C11H9BrF3N3S. The van der Waals surface area contributed by atoms with Crippen LogP contribution in [-0.4, -0.2) is 28.9 Å². The van der Waals surface area contributed by atoms with E-state index in [1.807, 2.05) is 0 Å². The lowest BCUT2D eigenvalue weighted by Gasteiger charge is -2.12. The molecule has 0 aliphatic carbocycles. The summed E-state index contributed by atoms with van der Waals surface area (Å²) >= 11 is 4.56. The van der Waals surface area contributed by atoms with Crippen molar-refractivity contribution in [3.05, 3.63) is 22.7 Å². The van der Waals surface area contributed by atoms with Crippen LogP contribution in [0.2, 0.25) is 0 Å². The van der Waals surface area contributed by atoms with Gasteiger partial charge in [-0.2, -0.15) is 13.2 Å². The van der Waals surface area contributed by atoms with Crippen LogP contribution in [0.15, 0.2) is 27.8 Å². The summed E-state index contributed by atoms with van der Waals surface area (Å²) in [5, 5.41) is 3.30. The Bertz CT molecular complexity index is 603. The predicted molar refractivity (Wildman–Crippen MR) is 73.6 cm³/mol. The number of hydrogen-bond donors (Lipinski definition) is 1. The number of hydrogen-bond acceptors (Lipinski definition) is 4. The van der Waals surface area contributed by atoms with Gasteiger partial charge in [0.15, 0.2) is 5.16 Å². The lowest BCUT2D eigenvalue weighted by atomic mass is 10.2. The Morgan fingerprint density at radius 2 is 2.05 bits per heavy atom. The van der Waals surface area contributed by atoms with Crippen molar-refractivity contribution in [2.24, 2.45) is 0 Å². The highest BCUT2D eigenvalue weighted by Gasteiger charge is 2.27. The largest absolute Gasteiger partial charge is 0.405 e. The number of thioether (sulfide) groups is 1. The maximum absolute atomic E-state index is 12.3. The Morgan fingerprint density at radius 1 is 1.32 bits per heavy atom. The zero-order chi connectivity index (χ0) is 14.0. The van der Waals surface area contributed by atoms with Gasteiger partial charge in [0.1, 0.15) is 12.4 Å². The van der Waals surface area contributed by atoms with Gasteiger partial charge in [-0.25, -0.2) is 9.97 Å². The number of fused-ring (bicyclic) bond motifs is 1. The summed E-state index contributed by atoms with van der Waals surface area (Å²) in [6, 6.07) is 5.21. The van der Waals surface area contributed by atoms with Crippen LogP contribution in [0, 0.1) is 0 Å². The van der Waals surface area contributed by atoms with E-state index in [0.29, 0.717) is 16.1 Å². The fraction of sp³-hybridized carbons (Fsp3) is 0.273. The number of benzene rings is 1. The van der Waals surface area contributed by atoms with E-state index in [-0.39, 0.29) is 5.82 Å². The average molecular weight is 352 g/mol. The lowest BCUT2D eigenvalue weighted by molar-refractivity contribution is -0.115. The number of alkyl halides is 3. The zero-order valence-electron chi connectivity index (χ0n) is 9.75. The molecule has 1 N–H and O–H groups in total. The molecule has 0 fully saturated rings. The van der Waals surface area contributed by atoms with Crippen LogP contribution in [-0.2, 0) is 0 Å². The molecule has 0 aliphatic rings. The van der Waals surface area contributed by atoms with E-state index in [2.05, 4.69) is 31.2 Å². The first-order valence-corrected chi connectivity index (χ1v) is 7.23. The molecule has 0 spiro atoms. The second-order valence-electron chi connectivity index (χ2n) is 3.69. The number of rotatable bonds is 3. The highest BCUT2D eigenvalue weighted by Crippen LogP contribution is 2.27. The molecule has 2 aromatic rings. The Labute approximate surface area is 120 Å². The fourth-order valence-electron chi connectivity index (χ4n) is 1.49. The normalized spacial score (nSPS) is 11.8. The van der Waals surface area contributed by atoms with Crippen molar-refractivity contribution in [1.82, 2.24) is 9.97 Å². The highest BCUT2D eigenvalue weighted by molar-refractivity contribution is 9.10. The third kappa shape index (κ3) is 3.73. The number of nitrogens with zero attached hydrogens (tertiary/aromatic N) is 2. The minimum Gasteiger partial charge on any atom is -0.361 e. The maximum atomic E-state index is 12.3. The van der Waals surface area contributed by atoms with Gasteiger partial charge in [-0.15, -0.1) is 0 Å². The molecule has 0 radical (unpaired) electrons. The third-order valence-electron chi connectivity index (χ3n) is 2.28. The standard InChI is InChI=1S/C11H9BrF3N3S/c1-19-10-17-8-3-2-6(12)4-7(8)9(18-10)16-5-11(13,14)15/h2-4H,5H2,1H3,(H,16,17,18). The molecule has 0 unspecified atom stereocenters. The first kappa shape index (κ1) is 14.4. The van der Waals surface area contributed by atoms with E-state index in [1.165, 1.54) is 11.8 Å². The van der Waals surface area contributed by atoms with Crippen molar-refractivity contribution in [3.8, 4) is 0 Å². The molecule has 1 aromatic carbocycles. The van der Waals surface area contributed by atoms with Crippen molar-refractivity contribution in [1.29, 1.82) is 0 Å². The first-order valence-electron chi connectivity index (χ1n) is 5.21. The summed E-state index contributed by atoms with van der Waals surface area (Å²) < 4.78 is 37.6. The predicted octanol–water partition coefficient (Wildman–Crippen LogP) is 4.09. The van der Waals surface area contributed by atoms with Gasteiger partial charge >= 0.3 is 6.18 Å². The Balaban J connectivity index is 2.46. The van der Waals surface area contributed by atoms with E-state index in [4.69, 9.17) is 0 Å². The second-order valence-corrected chi connectivity index (χ2v) is 5.38. The monoisotopic (exact) mass is 351 g/mol. The van der Waals surface area contributed by atoms with E-state index < -0.39 is 12.7 Å². The molecule has 2 rings (SSSR count). The van der Waals surface area contributed by atoms with Crippen molar-refractivity contribution < 1.29 is 13.2 Å². The van der Waals surface area contributed by atoms with Gasteiger partial charge in [0.2, 0.25) is 0 Å². The van der Waals surface area contributed by atoms with Crippen LogP contribution in [0.25, 0.3) is 10.9 Å². The SMILES string of the molecule is CSc1nc(NCC(F)(F)F)c2cc(Br)ccc2n1. The van der Waals surface area contributed by atoms with Gasteiger partial charge in [0, 0.05) is 9.86 Å². The molecule has 19 heavy (non-hydrogen) atoms. The number of halogens is 4. The Kier molecular flexibility index (Phi) is 4.19. The van der Waals surface area contributed by atoms with E-state index in [9.17, 15) is 13.2 Å². The molecule has 8 heteroatoms. The maximum Gasteiger partial charge on any atom is 0.405 e. The fourth-order valence-corrected chi connectivity index (χ4v) is 2.22. The summed E-state index contributed by atoms with van der Waals surface area (Å²) in [5.41, 5.74) is 0.604. The van der Waals surface area contributed by atoms with Gasteiger partial charge in [-0.05, 0) is 24.5 Å². The smallest absolute Gasteiger partial charge is 0.361 e. The Hall–Kier alpha value is -1.02. The molecule has 1 heterocycles. The summed E-state index contributed by atoms with van der Waals surface area (Å²) in [4.78, 5) is 8.33. The zero-order valence-corrected chi connectivity index (χ0v) is 12.2. The van der Waals surface area contributed by atoms with Gasteiger partial charge in [0.05, 0.1) is 5.52 Å². The second kappa shape index (κ2) is 5.54. The van der Waals surface area contributed by atoms with Crippen LogP contribution in [0.1, 0.15) is 0 Å². The topological polar surface area (TPSA) is 37.8 Å². The summed E-state index contributed by atoms with van der Waals surface area (Å²) in [6.45, 7) is -1.13. The van der Waals surface area contributed by atoms with Crippen LogP contribution >= 0.6 is 27.7 Å². The average Bonchev–Trinajstić information content (AvgIpc) is 2.34.